The van der Waals surface area contributed by atoms with Gasteiger partial charge in [-0.1, -0.05) is 18.2 Å². The van der Waals surface area contributed by atoms with E-state index in [4.69, 9.17) is 9.84 Å². The molecule has 0 saturated heterocycles. The molecule has 2 rings (SSSR count). The van der Waals surface area contributed by atoms with Crippen LogP contribution in [0.15, 0.2) is 48.7 Å². The molecule has 0 aliphatic rings. The molecule has 2 N–H and O–H groups in total. The van der Waals surface area contributed by atoms with Gasteiger partial charge in [-0.3, -0.25) is 4.98 Å². The highest BCUT2D eigenvalue weighted by molar-refractivity contribution is 5.68. The predicted molar refractivity (Wildman–Crippen MR) is 74.4 cm³/mol. The Labute approximate surface area is 117 Å². The van der Waals surface area contributed by atoms with Crippen molar-refractivity contribution in [3.63, 3.8) is 0 Å². The first kappa shape index (κ1) is 14.0. The van der Waals surface area contributed by atoms with E-state index in [0.717, 1.165) is 17.8 Å². The van der Waals surface area contributed by atoms with Crippen molar-refractivity contribution >= 4 is 5.97 Å². The summed E-state index contributed by atoms with van der Waals surface area (Å²) in [7, 11) is 0. The summed E-state index contributed by atoms with van der Waals surface area (Å²) in [5.74, 6) is -0.424. The van der Waals surface area contributed by atoms with Crippen LogP contribution in [-0.2, 0) is 17.9 Å². The second-order valence-corrected chi connectivity index (χ2v) is 4.25. The molecule has 0 spiro atoms. The van der Waals surface area contributed by atoms with Crippen LogP contribution in [-0.4, -0.2) is 22.7 Å². The number of hydrogen-bond donors (Lipinski definition) is 2. The molecule has 0 atom stereocenters. The molecule has 1 aromatic heterocycles. The quantitative estimate of drug-likeness (QED) is 0.804. The minimum atomic E-state index is -0.980. The molecule has 0 bridgehead atoms. The minimum Gasteiger partial charge on any atom is -0.482 e. The lowest BCUT2D eigenvalue weighted by atomic mass is 10.2. The molecule has 1 aromatic carbocycles. The maximum absolute atomic E-state index is 10.4. The number of aromatic nitrogens is 1. The zero-order chi connectivity index (χ0) is 14.2. The van der Waals surface area contributed by atoms with Crippen molar-refractivity contribution in [3.8, 4) is 5.75 Å². The number of carboxylic acids is 1. The van der Waals surface area contributed by atoms with E-state index in [1.54, 1.807) is 18.3 Å². The number of nitrogens with one attached hydrogen (secondary N) is 1. The van der Waals surface area contributed by atoms with Crippen molar-refractivity contribution in [2.75, 3.05) is 6.61 Å². The summed E-state index contributed by atoms with van der Waals surface area (Å²) in [6.45, 7) is 1.10. The highest BCUT2D eigenvalue weighted by Crippen LogP contribution is 2.12. The summed E-state index contributed by atoms with van der Waals surface area (Å²) in [5.41, 5.74) is 2.09. The average molecular weight is 272 g/mol. The van der Waals surface area contributed by atoms with Crippen LogP contribution in [0.5, 0.6) is 5.75 Å². The lowest BCUT2D eigenvalue weighted by Crippen LogP contribution is -2.13. The second-order valence-electron chi connectivity index (χ2n) is 4.25. The first-order valence-corrected chi connectivity index (χ1v) is 6.28. The molecule has 0 fully saturated rings. The van der Waals surface area contributed by atoms with Crippen LogP contribution in [0.4, 0.5) is 0 Å². The molecule has 0 aliphatic carbocycles. The van der Waals surface area contributed by atoms with Crippen LogP contribution in [0, 0.1) is 0 Å². The smallest absolute Gasteiger partial charge is 0.341 e. The number of aliphatic carboxylic acids is 1. The van der Waals surface area contributed by atoms with Gasteiger partial charge in [0.15, 0.2) is 6.61 Å². The number of carbonyl (C=O) groups is 1. The molecule has 1 heterocycles. The number of ether oxygens (including phenoxy) is 1. The van der Waals surface area contributed by atoms with E-state index in [-0.39, 0.29) is 6.61 Å². The number of hydrogen-bond acceptors (Lipinski definition) is 4. The van der Waals surface area contributed by atoms with Crippen LogP contribution in [0.1, 0.15) is 11.3 Å². The molecule has 2 aromatic rings. The zero-order valence-corrected chi connectivity index (χ0v) is 11.0. The standard InChI is InChI=1S/C15H16N2O3/c18-15(19)11-20-14-6-4-12(5-7-14)9-16-10-13-3-1-2-8-17-13/h1-8,16H,9-11H2,(H,18,19). The van der Waals surface area contributed by atoms with E-state index in [1.807, 2.05) is 30.3 Å². The molecule has 0 unspecified atom stereocenters. The summed E-state index contributed by atoms with van der Waals surface area (Å²) in [4.78, 5) is 14.6. The van der Waals surface area contributed by atoms with Gasteiger partial charge in [-0.2, -0.15) is 0 Å². The third kappa shape index (κ3) is 4.70. The Morgan fingerprint density at radius 1 is 1.15 bits per heavy atom. The highest BCUT2D eigenvalue weighted by atomic mass is 16.5. The normalized spacial score (nSPS) is 10.2. The van der Waals surface area contributed by atoms with Gasteiger partial charge in [0.25, 0.3) is 0 Å². The number of carboxylic acid groups (broad SMARTS) is 1. The Bertz CT molecular complexity index is 541. The van der Waals surface area contributed by atoms with Gasteiger partial charge in [-0.25, -0.2) is 4.79 Å². The van der Waals surface area contributed by atoms with Gasteiger partial charge >= 0.3 is 5.97 Å². The van der Waals surface area contributed by atoms with E-state index < -0.39 is 5.97 Å². The SMILES string of the molecule is O=C(O)COc1ccc(CNCc2ccccn2)cc1. The molecule has 5 nitrogen and oxygen atoms in total. The molecule has 0 saturated carbocycles. The fourth-order valence-electron chi connectivity index (χ4n) is 1.69. The summed E-state index contributed by atoms with van der Waals surface area (Å²) < 4.78 is 5.07. The predicted octanol–water partition coefficient (Wildman–Crippen LogP) is 1.83. The fraction of sp³-hybridized carbons (Fsp3) is 0.200. The van der Waals surface area contributed by atoms with Crippen molar-refractivity contribution in [2.24, 2.45) is 0 Å². The van der Waals surface area contributed by atoms with Gasteiger partial charge < -0.3 is 15.2 Å². The first-order valence-electron chi connectivity index (χ1n) is 6.28. The molecule has 0 radical (unpaired) electrons. The van der Waals surface area contributed by atoms with Gasteiger partial charge in [-0.15, -0.1) is 0 Å². The van der Waals surface area contributed by atoms with Crippen LogP contribution in [0.25, 0.3) is 0 Å². The van der Waals surface area contributed by atoms with Gasteiger partial charge in [0.2, 0.25) is 0 Å². The Kier molecular flexibility index (Phi) is 5.08. The van der Waals surface area contributed by atoms with Crippen molar-refractivity contribution in [3.05, 3.63) is 59.9 Å². The zero-order valence-electron chi connectivity index (χ0n) is 11.0. The topological polar surface area (TPSA) is 71.5 Å². The number of nitrogens with zero attached hydrogens (tertiary/aromatic N) is 1. The third-order valence-electron chi connectivity index (χ3n) is 2.65. The maximum atomic E-state index is 10.4. The first-order chi connectivity index (χ1) is 9.74. The van der Waals surface area contributed by atoms with Crippen molar-refractivity contribution < 1.29 is 14.6 Å². The summed E-state index contributed by atoms with van der Waals surface area (Å²) in [6.07, 6.45) is 1.77. The Balaban J connectivity index is 1.77. The van der Waals surface area contributed by atoms with E-state index in [1.165, 1.54) is 0 Å². The van der Waals surface area contributed by atoms with Crippen LogP contribution < -0.4 is 10.1 Å². The number of rotatable bonds is 7. The van der Waals surface area contributed by atoms with E-state index >= 15 is 0 Å². The van der Waals surface area contributed by atoms with Crippen LogP contribution >= 0.6 is 0 Å². The summed E-state index contributed by atoms with van der Waals surface area (Å²) in [5, 5.41) is 11.8. The summed E-state index contributed by atoms with van der Waals surface area (Å²) in [6, 6.07) is 13.2. The van der Waals surface area contributed by atoms with Crippen LogP contribution in [0.3, 0.4) is 0 Å². The van der Waals surface area contributed by atoms with Crippen molar-refractivity contribution in [1.82, 2.24) is 10.3 Å². The van der Waals surface area contributed by atoms with Gasteiger partial charge in [0, 0.05) is 19.3 Å². The molecule has 5 heteroatoms. The molecule has 0 amide bonds. The van der Waals surface area contributed by atoms with Gasteiger partial charge in [0.1, 0.15) is 5.75 Å². The average Bonchev–Trinajstić information content (AvgIpc) is 2.47. The van der Waals surface area contributed by atoms with E-state index in [0.29, 0.717) is 12.3 Å². The van der Waals surface area contributed by atoms with Gasteiger partial charge in [-0.05, 0) is 29.8 Å². The maximum Gasteiger partial charge on any atom is 0.341 e. The highest BCUT2D eigenvalue weighted by Gasteiger charge is 1.99. The van der Waals surface area contributed by atoms with Crippen molar-refractivity contribution in [2.45, 2.75) is 13.1 Å². The largest absolute Gasteiger partial charge is 0.482 e. The van der Waals surface area contributed by atoms with Crippen LogP contribution in [0.2, 0.25) is 0 Å². The van der Waals surface area contributed by atoms with E-state index in [2.05, 4.69) is 10.3 Å². The number of benzene rings is 1. The Hall–Kier alpha value is -2.40. The molecular formula is C15H16N2O3. The lowest BCUT2D eigenvalue weighted by molar-refractivity contribution is -0.139. The monoisotopic (exact) mass is 272 g/mol. The second kappa shape index (κ2) is 7.25. The number of pyridine rings is 1. The third-order valence-corrected chi connectivity index (χ3v) is 2.65. The lowest BCUT2D eigenvalue weighted by Gasteiger charge is -2.06. The van der Waals surface area contributed by atoms with Gasteiger partial charge in [0.05, 0.1) is 5.69 Å². The minimum absolute atomic E-state index is 0.322. The molecule has 20 heavy (non-hydrogen) atoms. The Morgan fingerprint density at radius 2 is 1.95 bits per heavy atom. The Morgan fingerprint density at radius 3 is 2.60 bits per heavy atom. The van der Waals surface area contributed by atoms with Crippen molar-refractivity contribution in [1.29, 1.82) is 0 Å². The molecular weight excluding hydrogens is 256 g/mol. The summed E-state index contributed by atoms with van der Waals surface area (Å²) >= 11 is 0. The molecule has 104 valence electrons. The van der Waals surface area contributed by atoms with E-state index in [9.17, 15) is 4.79 Å². The molecule has 0 aliphatic heterocycles. The fourth-order valence-corrected chi connectivity index (χ4v) is 1.69.